The zero-order valence-corrected chi connectivity index (χ0v) is 8.35. The van der Waals surface area contributed by atoms with Crippen LogP contribution in [-0.4, -0.2) is 18.6 Å². The van der Waals surface area contributed by atoms with E-state index < -0.39 is 15.2 Å². The molecule has 0 saturated heterocycles. The summed E-state index contributed by atoms with van der Waals surface area (Å²) in [5, 5.41) is -0.419. The number of nitrogens with zero attached hydrogens (tertiary/aromatic N) is 1. The molecule has 0 unspecified atom stereocenters. The number of hydrogen-bond acceptors (Lipinski definition) is 3. The molecule has 0 fully saturated rings. The van der Waals surface area contributed by atoms with Gasteiger partial charge in [-0.15, -0.1) is 11.6 Å². The average molecular weight is 221 g/mol. The Kier molecular flexibility index (Phi) is 3.65. The molecule has 0 amide bonds. The van der Waals surface area contributed by atoms with Crippen LogP contribution < -0.4 is 4.72 Å². The minimum absolute atomic E-state index is 0.248. The maximum atomic E-state index is 10.9. The lowest BCUT2D eigenvalue weighted by Crippen LogP contribution is -2.23. The van der Waals surface area contributed by atoms with Gasteiger partial charge in [0.1, 0.15) is 5.21 Å². The molecule has 0 aliphatic rings. The van der Waals surface area contributed by atoms with Crippen LogP contribution in [0.3, 0.4) is 0 Å². The molecule has 13 heavy (non-hydrogen) atoms. The molecule has 1 N–H and O–H groups in total. The molecule has 1 rings (SSSR count). The summed E-state index contributed by atoms with van der Waals surface area (Å²) >= 11 is 5.20. The largest absolute Gasteiger partial charge is 0.265 e. The molecule has 4 nitrogen and oxygen atoms in total. The van der Waals surface area contributed by atoms with Crippen LogP contribution in [0.25, 0.3) is 0 Å². The van der Waals surface area contributed by atoms with Gasteiger partial charge in [0.05, 0.1) is 0 Å². The number of sulfonamides is 1. The highest BCUT2D eigenvalue weighted by molar-refractivity contribution is 7.90. The van der Waals surface area contributed by atoms with Crippen molar-refractivity contribution in [1.82, 2.24) is 9.71 Å². The molecule has 0 radical (unpaired) electrons. The average Bonchev–Trinajstić information content (AvgIpc) is 2.17. The Bertz CT molecular complexity index is 352. The molecular weight excluding hydrogens is 212 g/mol. The highest BCUT2D eigenvalue weighted by atomic mass is 35.5. The van der Waals surface area contributed by atoms with Gasteiger partial charge in [0.25, 0.3) is 0 Å². The fourth-order valence-corrected chi connectivity index (χ4v) is 1.43. The summed E-state index contributed by atoms with van der Waals surface area (Å²) in [6, 6.07) is 3.47. The minimum atomic E-state index is -3.32. The molecule has 0 aliphatic carbocycles. The van der Waals surface area contributed by atoms with Gasteiger partial charge in [-0.2, -0.15) is 0 Å². The molecule has 0 atom stereocenters. The van der Waals surface area contributed by atoms with Crippen LogP contribution in [0.2, 0.25) is 0 Å². The fraction of sp³-hybridized carbons (Fsp3) is 0.286. The van der Waals surface area contributed by atoms with Crippen LogP contribution in [0.4, 0.5) is 0 Å². The van der Waals surface area contributed by atoms with Crippen molar-refractivity contribution in [3.8, 4) is 0 Å². The summed E-state index contributed by atoms with van der Waals surface area (Å²) in [6.07, 6.45) is 3.20. The molecule has 0 bridgehead atoms. The highest BCUT2D eigenvalue weighted by Crippen LogP contribution is 1.97. The van der Waals surface area contributed by atoms with Gasteiger partial charge in [0.2, 0.25) is 10.0 Å². The molecule has 1 heterocycles. The topological polar surface area (TPSA) is 59.1 Å². The summed E-state index contributed by atoms with van der Waals surface area (Å²) in [7, 11) is -3.32. The Morgan fingerprint density at radius 3 is 2.54 bits per heavy atom. The van der Waals surface area contributed by atoms with Gasteiger partial charge in [-0.1, -0.05) is 0 Å². The molecular formula is C7H9ClN2O2S. The van der Waals surface area contributed by atoms with Crippen molar-refractivity contribution >= 4 is 21.6 Å². The summed E-state index contributed by atoms with van der Waals surface area (Å²) in [6.45, 7) is 0.248. The normalized spacial score (nSPS) is 11.5. The smallest absolute Gasteiger partial charge is 0.225 e. The zero-order chi connectivity index (χ0) is 9.73. The SMILES string of the molecule is O=S(=O)(CCl)NCc1ccncc1. The lowest BCUT2D eigenvalue weighted by molar-refractivity contribution is 0.586. The molecule has 0 spiro atoms. The predicted molar refractivity (Wildman–Crippen MR) is 50.7 cm³/mol. The summed E-state index contributed by atoms with van der Waals surface area (Å²) in [5.74, 6) is 0. The van der Waals surface area contributed by atoms with E-state index in [9.17, 15) is 8.42 Å². The Balaban J connectivity index is 2.54. The molecule has 1 aromatic heterocycles. The lowest BCUT2D eigenvalue weighted by atomic mass is 10.3. The molecule has 0 aliphatic heterocycles. The number of halogens is 1. The number of rotatable bonds is 4. The third-order valence-electron chi connectivity index (χ3n) is 1.39. The maximum absolute atomic E-state index is 10.9. The Hall–Kier alpha value is -0.650. The van der Waals surface area contributed by atoms with E-state index in [2.05, 4.69) is 9.71 Å². The first kappa shape index (κ1) is 10.4. The van der Waals surface area contributed by atoms with E-state index in [-0.39, 0.29) is 6.54 Å². The van der Waals surface area contributed by atoms with Crippen molar-refractivity contribution in [2.75, 3.05) is 5.21 Å². The number of nitrogens with one attached hydrogen (secondary N) is 1. The van der Waals surface area contributed by atoms with Crippen molar-refractivity contribution in [2.45, 2.75) is 6.54 Å². The fourth-order valence-electron chi connectivity index (χ4n) is 0.733. The second-order valence-electron chi connectivity index (χ2n) is 2.40. The van der Waals surface area contributed by atoms with E-state index in [1.54, 1.807) is 24.5 Å². The number of pyridine rings is 1. The summed E-state index contributed by atoms with van der Waals surface area (Å²) < 4.78 is 24.2. The van der Waals surface area contributed by atoms with Crippen LogP contribution in [-0.2, 0) is 16.6 Å². The van der Waals surface area contributed by atoms with Crippen LogP contribution in [0, 0.1) is 0 Å². The number of alkyl halides is 1. The second-order valence-corrected chi connectivity index (χ2v) is 4.79. The zero-order valence-electron chi connectivity index (χ0n) is 6.77. The number of aromatic nitrogens is 1. The standard InChI is InChI=1S/C7H9ClN2O2S/c8-6-13(11,12)10-5-7-1-3-9-4-2-7/h1-4,10H,5-6H2. The quantitative estimate of drug-likeness (QED) is 0.760. The van der Waals surface area contributed by atoms with Crippen molar-refractivity contribution in [3.63, 3.8) is 0 Å². The third-order valence-corrected chi connectivity index (χ3v) is 3.12. The third kappa shape index (κ3) is 3.71. The van der Waals surface area contributed by atoms with Crippen LogP contribution >= 0.6 is 11.6 Å². The van der Waals surface area contributed by atoms with E-state index >= 15 is 0 Å². The molecule has 6 heteroatoms. The Morgan fingerprint density at radius 1 is 1.38 bits per heavy atom. The molecule has 1 aromatic rings. The van der Waals surface area contributed by atoms with Crippen LogP contribution in [0.1, 0.15) is 5.56 Å². The van der Waals surface area contributed by atoms with Gasteiger partial charge in [-0.05, 0) is 17.7 Å². The first-order valence-electron chi connectivity index (χ1n) is 3.56. The van der Waals surface area contributed by atoms with Crippen molar-refractivity contribution < 1.29 is 8.42 Å². The summed E-state index contributed by atoms with van der Waals surface area (Å²) in [5.41, 5.74) is 0.851. The van der Waals surface area contributed by atoms with E-state index in [4.69, 9.17) is 11.6 Å². The molecule has 0 saturated carbocycles. The lowest BCUT2D eigenvalue weighted by Gasteiger charge is -2.02. The monoisotopic (exact) mass is 220 g/mol. The summed E-state index contributed by atoms with van der Waals surface area (Å²) in [4.78, 5) is 3.81. The van der Waals surface area contributed by atoms with E-state index in [0.29, 0.717) is 0 Å². The van der Waals surface area contributed by atoms with Gasteiger partial charge in [0, 0.05) is 18.9 Å². The Morgan fingerprint density at radius 2 is 2.00 bits per heavy atom. The maximum Gasteiger partial charge on any atom is 0.225 e. The molecule has 0 aromatic carbocycles. The first-order chi connectivity index (χ1) is 6.14. The van der Waals surface area contributed by atoms with E-state index in [0.717, 1.165) is 5.56 Å². The van der Waals surface area contributed by atoms with Gasteiger partial charge in [-0.3, -0.25) is 4.98 Å². The van der Waals surface area contributed by atoms with Gasteiger partial charge < -0.3 is 0 Å². The first-order valence-corrected chi connectivity index (χ1v) is 5.75. The van der Waals surface area contributed by atoms with Crippen molar-refractivity contribution in [3.05, 3.63) is 30.1 Å². The van der Waals surface area contributed by atoms with E-state index in [1.807, 2.05) is 0 Å². The van der Waals surface area contributed by atoms with Crippen molar-refractivity contribution in [1.29, 1.82) is 0 Å². The van der Waals surface area contributed by atoms with Crippen LogP contribution in [0.15, 0.2) is 24.5 Å². The van der Waals surface area contributed by atoms with E-state index in [1.165, 1.54) is 0 Å². The highest BCUT2D eigenvalue weighted by Gasteiger charge is 2.06. The second kappa shape index (κ2) is 4.55. The number of hydrogen-bond donors (Lipinski definition) is 1. The van der Waals surface area contributed by atoms with Gasteiger partial charge >= 0.3 is 0 Å². The predicted octanol–water partition coefficient (Wildman–Crippen LogP) is 0.697. The van der Waals surface area contributed by atoms with Gasteiger partial charge in [0.15, 0.2) is 0 Å². The molecule has 72 valence electrons. The minimum Gasteiger partial charge on any atom is -0.265 e. The Labute approximate surface area is 82.0 Å². The van der Waals surface area contributed by atoms with Crippen LogP contribution in [0.5, 0.6) is 0 Å². The van der Waals surface area contributed by atoms with Crippen molar-refractivity contribution in [2.24, 2.45) is 0 Å². The van der Waals surface area contributed by atoms with Gasteiger partial charge in [-0.25, -0.2) is 13.1 Å².